The number of amides is 1. The van der Waals surface area contributed by atoms with Gasteiger partial charge in [-0.25, -0.2) is 0 Å². The van der Waals surface area contributed by atoms with Gasteiger partial charge < -0.3 is 9.64 Å². The maximum atomic E-state index is 12.9. The summed E-state index contributed by atoms with van der Waals surface area (Å²) in [5.74, 6) is -0.918. The number of aryl methyl sites for hydroxylation is 1. The molecule has 0 aliphatic carbocycles. The number of nitrogens with zero attached hydrogens (tertiary/aromatic N) is 1. The summed E-state index contributed by atoms with van der Waals surface area (Å²) in [5, 5.41) is 0.593. The lowest BCUT2D eigenvalue weighted by Crippen LogP contribution is -2.37. The Hall–Kier alpha value is -2.33. The van der Waals surface area contributed by atoms with Gasteiger partial charge in [-0.15, -0.1) is 0 Å². The summed E-state index contributed by atoms with van der Waals surface area (Å²) >= 11 is 6.24. The van der Waals surface area contributed by atoms with Crippen LogP contribution < -0.4 is 0 Å². The van der Waals surface area contributed by atoms with E-state index in [9.17, 15) is 9.59 Å². The third-order valence-corrected chi connectivity index (χ3v) is 4.37. The Kier molecular flexibility index (Phi) is 6.59. The standard InChI is InChI=1S/C20H22ClNO3/c1-14-8-10-16(11-9-14)19(23)22(12-15(2)20(24)25-3)13-17-6-4-5-7-18(17)21/h4-11,15H,12-13H2,1-3H3. The zero-order valence-electron chi connectivity index (χ0n) is 14.7. The lowest BCUT2D eigenvalue weighted by Gasteiger charge is -2.26. The van der Waals surface area contributed by atoms with Gasteiger partial charge in [0.2, 0.25) is 0 Å². The van der Waals surface area contributed by atoms with Crippen LogP contribution >= 0.6 is 11.6 Å². The Morgan fingerprint density at radius 3 is 2.36 bits per heavy atom. The van der Waals surface area contributed by atoms with Crippen molar-refractivity contribution in [3.63, 3.8) is 0 Å². The van der Waals surface area contributed by atoms with Gasteiger partial charge in [0.15, 0.2) is 0 Å². The number of carbonyl (C=O) groups excluding carboxylic acids is 2. The van der Waals surface area contributed by atoms with E-state index in [2.05, 4.69) is 0 Å². The molecule has 1 unspecified atom stereocenters. The molecule has 4 nitrogen and oxygen atoms in total. The number of benzene rings is 2. The molecule has 5 heteroatoms. The van der Waals surface area contributed by atoms with Crippen LogP contribution in [0.1, 0.15) is 28.4 Å². The van der Waals surface area contributed by atoms with Crippen LogP contribution in [0.2, 0.25) is 5.02 Å². The number of esters is 1. The fourth-order valence-electron chi connectivity index (χ4n) is 2.54. The average molecular weight is 360 g/mol. The Morgan fingerprint density at radius 1 is 1.12 bits per heavy atom. The van der Waals surface area contributed by atoms with Crippen molar-refractivity contribution < 1.29 is 14.3 Å². The number of halogens is 1. The number of methoxy groups -OCH3 is 1. The molecular weight excluding hydrogens is 338 g/mol. The first-order valence-electron chi connectivity index (χ1n) is 8.09. The van der Waals surface area contributed by atoms with Crippen LogP contribution in [0.5, 0.6) is 0 Å². The highest BCUT2D eigenvalue weighted by Crippen LogP contribution is 2.20. The van der Waals surface area contributed by atoms with Crippen molar-refractivity contribution in [3.05, 3.63) is 70.2 Å². The Bertz CT molecular complexity index is 743. The second kappa shape index (κ2) is 8.67. The molecule has 1 amide bonds. The fraction of sp³-hybridized carbons (Fsp3) is 0.300. The minimum atomic E-state index is -0.429. The average Bonchev–Trinajstić information content (AvgIpc) is 2.62. The number of rotatable bonds is 6. The van der Waals surface area contributed by atoms with E-state index >= 15 is 0 Å². The normalized spacial score (nSPS) is 11.7. The third kappa shape index (κ3) is 5.07. The minimum absolute atomic E-state index is 0.143. The molecule has 2 aromatic rings. The molecule has 0 aliphatic rings. The van der Waals surface area contributed by atoms with E-state index in [0.29, 0.717) is 17.1 Å². The maximum Gasteiger partial charge on any atom is 0.310 e. The highest BCUT2D eigenvalue weighted by atomic mass is 35.5. The molecule has 2 rings (SSSR count). The van der Waals surface area contributed by atoms with Gasteiger partial charge in [-0.3, -0.25) is 9.59 Å². The van der Waals surface area contributed by atoms with Crippen LogP contribution in [0, 0.1) is 12.8 Å². The maximum absolute atomic E-state index is 12.9. The summed E-state index contributed by atoms with van der Waals surface area (Å²) in [6.45, 7) is 4.29. The highest BCUT2D eigenvalue weighted by Gasteiger charge is 2.23. The summed E-state index contributed by atoms with van der Waals surface area (Å²) < 4.78 is 4.79. The SMILES string of the molecule is COC(=O)C(C)CN(Cc1ccccc1Cl)C(=O)c1ccc(C)cc1. The van der Waals surface area contributed by atoms with E-state index in [1.807, 2.05) is 37.3 Å². The van der Waals surface area contributed by atoms with Gasteiger partial charge in [0.25, 0.3) is 5.91 Å². The van der Waals surface area contributed by atoms with Gasteiger partial charge in [0.05, 0.1) is 13.0 Å². The monoisotopic (exact) mass is 359 g/mol. The summed E-state index contributed by atoms with van der Waals surface area (Å²) in [4.78, 5) is 26.4. The van der Waals surface area contributed by atoms with E-state index in [4.69, 9.17) is 16.3 Å². The molecular formula is C20H22ClNO3. The molecule has 0 aromatic heterocycles. The highest BCUT2D eigenvalue weighted by molar-refractivity contribution is 6.31. The number of hydrogen-bond acceptors (Lipinski definition) is 3. The van der Waals surface area contributed by atoms with Gasteiger partial charge in [0, 0.05) is 23.7 Å². The number of ether oxygens (including phenoxy) is 1. The second-order valence-corrected chi connectivity index (χ2v) is 6.47. The quantitative estimate of drug-likeness (QED) is 0.729. The molecule has 132 valence electrons. The fourth-order valence-corrected chi connectivity index (χ4v) is 2.73. The topological polar surface area (TPSA) is 46.6 Å². The summed E-state index contributed by atoms with van der Waals surface area (Å²) in [6.07, 6.45) is 0. The van der Waals surface area contributed by atoms with Gasteiger partial charge in [-0.05, 0) is 30.7 Å². The Labute approximate surface area is 153 Å². The molecule has 0 spiro atoms. The molecule has 0 radical (unpaired) electrons. The first kappa shape index (κ1) is 19.0. The molecule has 0 bridgehead atoms. The van der Waals surface area contributed by atoms with Gasteiger partial charge >= 0.3 is 5.97 Å². The van der Waals surface area contributed by atoms with E-state index in [0.717, 1.165) is 11.1 Å². The van der Waals surface area contributed by atoms with Gasteiger partial charge in [-0.2, -0.15) is 0 Å². The second-order valence-electron chi connectivity index (χ2n) is 6.07. The third-order valence-electron chi connectivity index (χ3n) is 4.00. The van der Waals surface area contributed by atoms with Crippen molar-refractivity contribution in [1.82, 2.24) is 4.90 Å². The lowest BCUT2D eigenvalue weighted by molar-refractivity contribution is -0.145. The summed E-state index contributed by atoms with van der Waals surface area (Å²) in [6, 6.07) is 14.7. The van der Waals surface area contributed by atoms with Crippen molar-refractivity contribution in [1.29, 1.82) is 0 Å². The lowest BCUT2D eigenvalue weighted by atomic mass is 10.1. The van der Waals surface area contributed by atoms with Crippen LogP contribution in [0.25, 0.3) is 0 Å². The van der Waals surface area contributed by atoms with Gasteiger partial charge in [0.1, 0.15) is 0 Å². The van der Waals surface area contributed by atoms with Crippen LogP contribution in [0.3, 0.4) is 0 Å². The molecule has 0 saturated carbocycles. The van der Waals surface area contributed by atoms with Crippen molar-refractivity contribution in [2.75, 3.05) is 13.7 Å². The number of carbonyl (C=O) groups is 2. The van der Waals surface area contributed by atoms with Crippen LogP contribution in [0.4, 0.5) is 0 Å². The van der Waals surface area contributed by atoms with Crippen LogP contribution in [0.15, 0.2) is 48.5 Å². The van der Waals surface area contributed by atoms with E-state index in [-0.39, 0.29) is 18.4 Å². The van der Waals surface area contributed by atoms with E-state index in [1.165, 1.54) is 7.11 Å². The van der Waals surface area contributed by atoms with Crippen molar-refractivity contribution in [2.24, 2.45) is 5.92 Å². The molecule has 0 aliphatic heterocycles. The van der Waals surface area contributed by atoms with E-state index < -0.39 is 5.92 Å². The summed E-state index contributed by atoms with van der Waals surface area (Å²) in [7, 11) is 1.35. The molecule has 1 atom stereocenters. The Balaban J connectivity index is 2.27. The van der Waals surface area contributed by atoms with E-state index in [1.54, 1.807) is 30.0 Å². The smallest absolute Gasteiger partial charge is 0.310 e. The molecule has 0 saturated heterocycles. The van der Waals surface area contributed by atoms with Crippen LogP contribution in [-0.2, 0) is 16.1 Å². The zero-order valence-corrected chi connectivity index (χ0v) is 15.4. The molecule has 25 heavy (non-hydrogen) atoms. The predicted octanol–water partition coefficient (Wildman–Crippen LogP) is 4.10. The molecule has 0 fully saturated rings. The predicted molar refractivity (Wildman–Crippen MR) is 98.6 cm³/mol. The largest absolute Gasteiger partial charge is 0.469 e. The minimum Gasteiger partial charge on any atom is -0.469 e. The molecule has 0 heterocycles. The van der Waals surface area contributed by atoms with Crippen molar-refractivity contribution in [2.45, 2.75) is 20.4 Å². The van der Waals surface area contributed by atoms with Crippen molar-refractivity contribution >= 4 is 23.5 Å². The van der Waals surface area contributed by atoms with Gasteiger partial charge in [-0.1, -0.05) is 54.4 Å². The molecule has 2 aromatic carbocycles. The van der Waals surface area contributed by atoms with Crippen molar-refractivity contribution in [3.8, 4) is 0 Å². The first-order valence-corrected chi connectivity index (χ1v) is 8.47. The zero-order chi connectivity index (χ0) is 18.4. The summed E-state index contributed by atoms with van der Waals surface area (Å²) in [5.41, 5.74) is 2.49. The number of hydrogen-bond donors (Lipinski definition) is 0. The van der Waals surface area contributed by atoms with Crippen LogP contribution in [-0.4, -0.2) is 30.4 Å². The molecule has 0 N–H and O–H groups in total. The Morgan fingerprint density at radius 2 is 1.76 bits per heavy atom. The first-order chi connectivity index (χ1) is 11.9.